The Hall–Kier alpha value is -1.66. The zero-order valence-electron chi connectivity index (χ0n) is 18.1. The predicted octanol–water partition coefficient (Wildman–Crippen LogP) is 3.06. The molecule has 1 heterocycles. The van der Waals surface area contributed by atoms with Crippen LogP contribution in [0, 0.1) is 27.7 Å². The predicted molar refractivity (Wildman–Crippen MR) is 120 cm³/mol. The molecule has 0 saturated carbocycles. The third-order valence-electron chi connectivity index (χ3n) is 5.29. The first-order valence-electron chi connectivity index (χ1n) is 10.1. The van der Waals surface area contributed by atoms with Crippen LogP contribution < -0.4 is 4.46 Å². The summed E-state index contributed by atoms with van der Waals surface area (Å²) < 4.78 is 34.6. The van der Waals surface area contributed by atoms with E-state index in [-0.39, 0.29) is 31.3 Å². The Morgan fingerprint density at radius 1 is 1.07 bits per heavy atom. The molecule has 2 atom stereocenters. The van der Waals surface area contributed by atoms with Gasteiger partial charge in [0.05, 0.1) is 0 Å². The number of ether oxygens (including phenoxy) is 1. The van der Waals surface area contributed by atoms with Crippen LogP contribution in [0.15, 0.2) is 41.3 Å². The van der Waals surface area contributed by atoms with Crippen LogP contribution in [-0.2, 0) is 19.6 Å². The summed E-state index contributed by atoms with van der Waals surface area (Å²) in [7, 11) is -3.78. The fourth-order valence-electron chi connectivity index (χ4n) is 3.94. The Labute approximate surface area is 186 Å². The maximum absolute atomic E-state index is 13.4. The molecule has 3 rings (SSSR count). The Kier molecular flexibility index (Phi) is 7.08. The quantitative estimate of drug-likeness (QED) is 0.458. The first-order valence-corrected chi connectivity index (χ1v) is 13.4. The molecule has 1 aliphatic heterocycles. The van der Waals surface area contributed by atoms with Crippen molar-refractivity contribution in [1.82, 2.24) is 4.31 Å². The van der Waals surface area contributed by atoms with Gasteiger partial charge in [-0.2, -0.15) is 0 Å². The summed E-state index contributed by atoms with van der Waals surface area (Å²) >= 11 is 0.0597. The topological polar surface area (TPSA) is 63.7 Å². The minimum absolute atomic E-state index is 0.0597. The first-order chi connectivity index (χ1) is 14.1. The van der Waals surface area contributed by atoms with Gasteiger partial charge in [0.25, 0.3) is 0 Å². The number of esters is 1. The van der Waals surface area contributed by atoms with Crippen molar-refractivity contribution in [3.63, 3.8) is 0 Å². The van der Waals surface area contributed by atoms with E-state index in [1.165, 1.54) is 25.5 Å². The monoisotopic (exact) mass is 495 g/mol. The van der Waals surface area contributed by atoms with Crippen molar-refractivity contribution < 1.29 is 17.9 Å². The van der Waals surface area contributed by atoms with E-state index in [9.17, 15) is 13.2 Å². The summed E-state index contributed by atoms with van der Waals surface area (Å²) in [5, 5.41) is 0. The standard InChI is InChI=1S/C23H29NO4SSe/c1-6-28-23(25)21-13-20(30-22-17(4)11-16(3)12-18(22)5)14-24(21)29(26,27)19-9-7-15(2)8-10-19/h7-12,20-21H,6,13-14H2,1-5H3. The molecule has 30 heavy (non-hydrogen) atoms. The van der Waals surface area contributed by atoms with Crippen molar-refractivity contribution in [1.29, 1.82) is 0 Å². The van der Waals surface area contributed by atoms with E-state index in [0.29, 0.717) is 13.0 Å². The van der Waals surface area contributed by atoms with Crippen molar-refractivity contribution in [2.45, 2.75) is 56.8 Å². The normalized spacial score (nSPS) is 19.8. The molecule has 2 aromatic carbocycles. The number of sulfonamides is 1. The van der Waals surface area contributed by atoms with Gasteiger partial charge in [-0.1, -0.05) is 0 Å². The number of benzene rings is 2. The van der Waals surface area contributed by atoms with Crippen molar-refractivity contribution in [3.05, 3.63) is 58.7 Å². The number of aryl methyl sites for hydroxylation is 4. The molecule has 1 aliphatic rings. The van der Waals surface area contributed by atoms with Gasteiger partial charge in [0.15, 0.2) is 0 Å². The number of carbonyl (C=O) groups is 1. The molecule has 0 spiro atoms. The van der Waals surface area contributed by atoms with Crippen LogP contribution in [0.4, 0.5) is 0 Å². The molecule has 0 bridgehead atoms. The van der Waals surface area contributed by atoms with Crippen LogP contribution in [0.2, 0.25) is 4.82 Å². The zero-order valence-corrected chi connectivity index (χ0v) is 20.7. The molecular formula is C23H29NO4SSe. The van der Waals surface area contributed by atoms with E-state index in [1.807, 2.05) is 6.92 Å². The molecule has 5 nitrogen and oxygen atoms in total. The molecule has 0 amide bonds. The van der Waals surface area contributed by atoms with E-state index < -0.39 is 22.0 Å². The molecule has 0 aliphatic carbocycles. The molecule has 7 heteroatoms. The van der Waals surface area contributed by atoms with Gasteiger partial charge in [-0.05, 0) is 0 Å². The summed E-state index contributed by atoms with van der Waals surface area (Å²) in [5.74, 6) is -0.455. The SMILES string of the molecule is CCOC(=O)C1CC([Se]c2c(C)cc(C)cc2C)CN1S(=O)(=O)c1ccc(C)cc1. The van der Waals surface area contributed by atoms with Gasteiger partial charge in [0, 0.05) is 0 Å². The van der Waals surface area contributed by atoms with Crippen LogP contribution in [0.3, 0.4) is 0 Å². The van der Waals surface area contributed by atoms with Gasteiger partial charge in [0.1, 0.15) is 0 Å². The van der Waals surface area contributed by atoms with Crippen molar-refractivity contribution >= 4 is 35.4 Å². The Bertz CT molecular complexity index is 1010. The fraction of sp³-hybridized carbons (Fsp3) is 0.435. The van der Waals surface area contributed by atoms with Gasteiger partial charge in [-0.3, -0.25) is 0 Å². The molecule has 0 radical (unpaired) electrons. The molecule has 0 N–H and O–H groups in total. The average molecular weight is 495 g/mol. The van der Waals surface area contributed by atoms with E-state index in [4.69, 9.17) is 4.74 Å². The second kappa shape index (κ2) is 9.23. The van der Waals surface area contributed by atoms with Crippen molar-refractivity contribution in [3.8, 4) is 0 Å². The van der Waals surface area contributed by atoms with E-state index in [1.54, 1.807) is 31.2 Å². The first kappa shape index (κ1) is 23.0. The van der Waals surface area contributed by atoms with Crippen LogP contribution in [0.1, 0.15) is 35.6 Å². The summed E-state index contributed by atoms with van der Waals surface area (Å²) in [6.45, 7) is 10.5. The molecule has 0 aromatic heterocycles. The van der Waals surface area contributed by atoms with Gasteiger partial charge in [-0.15, -0.1) is 0 Å². The van der Waals surface area contributed by atoms with Crippen LogP contribution in [0.25, 0.3) is 0 Å². The molecule has 1 saturated heterocycles. The van der Waals surface area contributed by atoms with Gasteiger partial charge >= 0.3 is 186 Å². The fourth-order valence-corrected chi connectivity index (χ4v) is 8.59. The van der Waals surface area contributed by atoms with Crippen molar-refractivity contribution in [2.24, 2.45) is 0 Å². The maximum atomic E-state index is 13.4. The third kappa shape index (κ3) is 4.80. The van der Waals surface area contributed by atoms with E-state index in [2.05, 4.69) is 32.9 Å². The van der Waals surface area contributed by atoms with Gasteiger partial charge in [-0.25, -0.2) is 0 Å². The summed E-state index contributed by atoms with van der Waals surface area (Å²) in [6.07, 6.45) is 0.497. The Morgan fingerprint density at radius 3 is 2.23 bits per heavy atom. The minimum atomic E-state index is -3.78. The van der Waals surface area contributed by atoms with Gasteiger partial charge < -0.3 is 0 Å². The molecule has 162 valence electrons. The number of hydrogen-bond acceptors (Lipinski definition) is 4. The summed E-state index contributed by atoms with van der Waals surface area (Å²) in [6, 6.07) is 10.4. The molecule has 1 fully saturated rings. The Morgan fingerprint density at radius 2 is 1.67 bits per heavy atom. The van der Waals surface area contributed by atoms with Crippen LogP contribution in [0.5, 0.6) is 0 Å². The van der Waals surface area contributed by atoms with E-state index >= 15 is 0 Å². The number of nitrogens with zero attached hydrogens (tertiary/aromatic N) is 1. The third-order valence-corrected chi connectivity index (χ3v) is 10.4. The second-order valence-corrected chi connectivity index (χ2v) is 12.5. The van der Waals surface area contributed by atoms with E-state index in [0.717, 1.165) is 5.56 Å². The molecule has 2 aromatic rings. The summed E-state index contributed by atoms with van der Waals surface area (Å²) in [4.78, 5) is 13.0. The van der Waals surface area contributed by atoms with Crippen LogP contribution in [-0.4, -0.2) is 52.8 Å². The second-order valence-electron chi connectivity index (χ2n) is 7.86. The number of hydrogen-bond donors (Lipinski definition) is 0. The van der Waals surface area contributed by atoms with Gasteiger partial charge in [0.2, 0.25) is 0 Å². The average Bonchev–Trinajstić information content (AvgIpc) is 3.10. The molecule has 2 unspecified atom stereocenters. The molecular weight excluding hydrogens is 465 g/mol. The van der Waals surface area contributed by atoms with Crippen LogP contribution >= 0.6 is 0 Å². The Balaban J connectivity index is 1.92. The van der Waals surface area contributed by atoms with Crippen molar-refractivity contribution in [2.75, 3.05) is 13.2 Å². The number of carbonyl (C=O) groups excluding carboxylic acids is 1. The summed E-state index contributed by atoms with van der Waals surface area (Å²) in [5.41, 5.74) is 4.69. The number of rotatable bonds is 6. The zero-order chi connectivity index (χ0) is 22.1.